The van der Waals surface area contributed by atoms with Crippen LogP contribution in [0.3, 0.4) is 0 Å². The molecule has 150 valence electrons. The molecule has 2 aromatic rings. The Morgan fingerprint density at radius 1 is 0.897 bits per heavy atom. The molecule has 1 aliphatic carbocycles. The van der Waals surface area contributed by atoms with E-state index in [0.29, 0.717) is 22.5 Å². The smallest absolute Gasteiger partial charge is 0.255 e. The number of nitrogens with two attached hydrogens (primary N) is 1. The molecule has 0 unspecified atom stereocenters. The minimum atomic E-state index is -0.538. The van der Waals surface area contributed by atoms with Crippen LogP contribution in [0.15, 0.2) is 42.5 Å². The number of benzene rings is 2. The van der Waals surface area contributed by atoms with Gasteiger partial charge in [0.05, 0.1) is 11.4 Å². The van der Waals surface area contributed by atoms with Gasteiger partial charge in [-0.2, -0.15) is 0 Å². The molecule has 2 aromatic carbocycles. The molecule has 29 heavy (non-hydrogen) atoms. The number of hydrogen-bond acceptors (Lipinski definition) is 4. The maximum Gasteiger partial charge on any atom is 0.255 e. The lowest BCUT2D eigenvalue weighted by Crippen LogP contribution is -2.22. The predicted molar refractivity (Wildman–Crippen MR) is 112 cm³/mol. The number of nitrogens with one attached hydrogen (secondary N) is 2. The molecule has 0 aromatic heterocycles. The summed E-state index contributed by atoms with van der Waals surface area (Å²) in [5, 5.41) is 5.77. The lowest BCUT2D eigenvalue weighted by Gasteiger charge is -2.22. The molecule has 0 atom stereocenters. The summed E-state index contributed by atoms with van der Waals surface area (Å²) in [4.78, 5) is 38.4. The van der Waals surface area contributed by atoms with Crippen LogP contribution in [0.25, 0.3) is 0 Å². The van der Waals surface area contributed by atoms with E-state index < -0.39 is 5.91 Å². The van der Waals surface area contributed by atoms with Crippen LogP contribution in [-0.2, 0) is 4.79 Å². The fraction of sp³-hybridized carbons (Fsp3) is 0.318. The van der Waals surface area contributed by atoms with Crippen molar-refractivity contribution in [3.05, 3.63) is 53.6 Å². The second-order valence-electron chi connectivity index (χ2n) is 7.59. The molecule has 1 saturated heterocycles. The van der Waals surface area contributed by atoms with Crippen LogP contribution < -0.4 is 21.3 Å². The Balaban J connectivity index is 1.51. The summed E-state index contributed by atoms with van der Waals surface area (Å²) in [5.74, 6) is -0.670. The molecule has 0 bridgehead atoms. The first kappa shape index (κ1) is 19.0. The number of anilines is 3. The molecule has 1 heterocycles. The number of amides is 3. The zero-order valence-corrected chi connectivity index (χ0v) is 16.1. The van der Waals surface area contributed by atoms with Crippen molar-refractivity contribution in [2.75, 3.05) is 28.6 Å². The van der Waals surface area contributed by atoms with Crippen molar-refractivity contribution in [3.63, 3.8) is 0 Å². The van der Waals surface area contributed by atoms with Gasteiger partial charge in [-0.05, 0) is 68.1 Å². The van der Waals surface area contributed by atoms with Gasteiger partial charge in [-0.25, -0.2) is 0 Å². The Bertz CT molecular complexity index is 945. The maximum atomic E-state index is 12.8. The van der Waals surface area contributed by atoms with E-state index in [-0.39, 0.29) is 17.7 Å². The van der Waals surface area contributed by atoms with Crippen LogP contribution in [0.2, 0.25) is 0 Å². The third-order valence-electron chi connectivity index (χ3n) is 5.34. The van der Waals surface area contributed by atoms with Crippen LogP contribution in [0, 0.1) is 5.92 Å². The van der Waals surface area contributed by atoms with Crippen LogP contribution in [0.4, 0.5) is 17.1 Å². The number of hydrogen-bond donors (Lipinski definition) is 3. The zero-order chi connectivity index (χ0) is 20.4. The molecule has 7 nitrogen and oxygen atoms in total. The third kappa shape index (κ3) is 4.39. The summed E-state index contributed by atoms with van der Waals surface area (Å²) in [6.45, 7) is 1.82. The number of rotatable bonds is 6. The zero-order valence-electron chi connectivity index (χ0n) is 16.1. The Labute approximate surface area is 169 Å². The van der Waals surface area contributed by atoms with Crippen LogP contribution >= 0.6 is 0 Å². The molecule has 1 aliphatic heterocycles. The molecule has 1 saturated carbocycles. The standard InChI is InChI=1S/C22H24N4O3/c23-20(27)16-7-10-19(26-11-1-2-12-26)18(13-16)25-22(29)15-5-8-17(9-6-15)24-21(28)14-3-4-14/h5-10,13-14H,1-4,11-12H2,(H2,23,27)(H,24,28)(H,25,29). The first-order valence-corrected chi connectivity index (χ1v) is 9.92. The summed E-state index contributed by atoms with van der Waals surface area (Å²) >= 11 is 0. The number of nitrogens with zero attached hydrogens (tertiary/aromatic N) is 1. The molecule has 2 fully saturated rings. The van der Waals surface area contributed by atoms with Gasteiger partial charge in [-0.15, -0.1) is 0 Å². The van der Waals surface area contributed by atoms with Gasteiger partial charge in [-0.3, -0.25) is 14.4 Å². The van der Waals surface area contributed by atoms with Crippen molar-refractivity contribution in [1.29, 1.82) is 0 Å². The van der Waals surface area contributed by atoms with E-state index in [2.05, 4.69) is 15.5 Å². The summed E-state index contributed by atoms with van der Waals surface area (Å²) in [6.07, 6.45) is 4.07. The van der Waals surface area contributed by atoms with E-state index in [4.69, 9.17) is 5.73 Å². The minimum absolute atomic E-state index is 0.0284. The summed E-state index contributed by atoms with van der Waals surface area (Å²) in [6, 6.07) is 11.9. The number of carbonyl (C=O) groups excluding carboxylic acids is 3. The van der Waals surface area contributed by atoms with E-state index in [1.807, 2.05) is 6.07 Å². The Morgan fingerprint density at radius 2 is 1.55 bits per heavy atom. The van der Waals surface area contributed by atoms with E-state index in [9.17, 15) is 14.4 Å². The van der Waals surface area contributed by atoms with Gasteiger partial charge in [0, 0.05) is 35.8 Å². The highest BCUT2D eigenvalue weighted by Crippen LogP contribution is 2.31. The largest absolute Gasteiger partial charge is 0.370 e. The quantitative estimate of drug-likeness (QED) is 0.703. The van der Waals surface area contributed by atoms with Crippen molar-refractivity contribution in [1.82, 2.24) is 0 Å². The highest BCUT2D eigenvalue weighted by atomic mass is 16.2. The molecule has 7 heteroatoms. The summed E-state index contributed by atoms with van der Waals surface area (Å²) in [7, 11) is 0. The lowest BCUT2D eigenvalue weighted by atomic mass is 10.1. The molecule has 3 amide bonds. The molecule has 2 aliphatic rings. The lowest BCUT2D eigenvalue weighted by molar-refractivity contribution is -0.117. The van der Waals surface area contributed by atoms with Crippen molar-refractivity contribution >= 4 is 34.8 Å². The van der Waals surface area contributed by atoms with E-state index in [1.54, 1.807) is 36.4 Å². The molecule has 4 N–H and O–H groups in total. The van der Waals surface area contributed by atoms with Crippen LogP contribution in [-0.4, -0.2) is 30.8 Å². The first-order chi connectivity index (χ1) is 14.0. The predicted octanol–water partition coefficient (Wildman–Crippen LogP) is 2.99. The second-order valence-corrected chi connectivity index (χ2v) is 7.59. The summed E-state index contributed by atoms with van der Waals surface area (Å²) in [5.41, 5.74) is 8.35. The Hall–Kier alpha value is -3.35. The normalized spacial score (nSPS) is 15.8. The van der Waals surface area contributed by atoms with E-state index in [0.717, 1.165) is 44.5 Å². The van der Waals surface area contributed by atoms with Crippen molar-refractivity contribution in [2.24, 2.45) is 11.7 Å². The minimum Gasteiger partial charge on any atom is -0.370 e. The fourth-order valence-electron chi connectivity index (χ4n) is 3.51. The van der Waals surface area contributed by atoms with E-state index in [1.165, 1.54) is 0 Å². The third-order valence-corrected chi connectivity index (χ3v) is 5.34. The van der Waals surface area contributed by atoms with Crippen molar-refractivity contribution < 1.29 is 14.4 Å². The van der Waals surface area contributed by atoms with Gasteiger partial charge in [0.15, 0.2) is 0 Å². The van der Waals surface area contributed by atoms with Gasteiger partial charge >= 0.3 is 0 Å². The average molecular weight is 392 g/mol. The van der Waals surface area contributed by atoms with Crippen LogP contribution in [0.1, 0.15) is 46.4 Å². The van der Waals surface area contributed by atoms with Gasteiger partial charge in [0.25, 0.3) is 5.91 Å². The topological polar surface area (TPSA) is 105 Å². The molecule has 4 rings (SSSR count). The second kappa shape index (κ2) is 7.95. The van der Waals surface area contributed by atoms with Crippen molar-refractivity contribution in [2.45, 2.75) is 25.7 Å². The molecule has 0 radical (unpaired) electrons. The van der Waals surface area contributed by atoms with Crippen LogP contribution in [0.5, 0.6) is 0 Å². The highest BCUT2D eigenvalue weighted by Gasteiger charge is 2.29. The number of carbonyl (C=O) groups is 3. The Morgan fingerprint density at radius 3 is 2.17 bits per heavy atom. The Kier molecular flexibility index (Phi) is 5.20. The summed E-state index contributed by atoms with van der Waals surface area (Å²) < 4.78 is 0. The highest BCUT2D eigenvalue weighted by molar-refractivity contribution is 6.07. The van der Waals surface area contributed by atoms with E-state index >= 15 is 0 Å². The van der Waals surface area contributed by atoms with Gasteiger partial charge in [0.2, 0.25) is 11.8 Å². The van der Waals surface area contributed by atoms with Gasteiger partial charge < -0.3 is 21.3 Å². The molecular weight excluding hydrogens is 368 g/mol. The van der Waals surface area contributed by atoms with Gasteiger partial charge in [0.1, 0.15) is 0 Å². The average Bonchev–Trinajstić information content (AvgIpc) is 3.43. The number of primary amides is 1. The van der Waals surface area contributed by atoms with Crippen molar-refractivity contribution in [3.8, 4) is 0 Å². The molecular formula is C22H24N4O3. The first-order valence-electron chi connectivity index (χ1n) is 9.92. The SMILES string of the molecule is NC(=O)c1ccc(N2CCCC2)c(NC(=O)c2ccc(NC(=O)C3CC3)cc2)c1. The monoisotopic (exact) mass is 392 g/mol. The maximum absolute atomic E-state index is 12.8. The molecule has 0 spiro atoms. The fourth-order valence-corrected chi connectivity index (χ4v) is 3.51. The van der Waals surface area contributed by atoms with Gasteiger partial charge in [-0.1, -0.05) is 0 Å².